The van der Waals surface area contributed by atoms with Crippen LogP contribution < -0.4 is 15.9 Å². The fourth-order valence-corrected chi connectivity index (χ4v) is 5.37. The van der Waals surface area contributed by atoms with E-state index in [0.29, 0.717) is 23.3 Å². The van der Waals surface area contributed by atoms with Crippen LogP contribution in [0.2, 0.25) is 0 Å². The second-order valence-corrected chi connectivity index (χ2v) is 10.0. The Morgan fingerprint density at radius 1 is 1.08 bits per heavy atom. The van der Waals surface area contributed by atoms with E-state index in [1.165, 1.54) is 22.0 Å². The van der Waals surface area contributed by atoms with Crippen LogP contribution in [0.3, 0.4) is 0 Å². The maximum atomic E-state index is 12.5. The molecule has 36 heavy (non-hydrogen) atoms. The van der Waals surface area contributed by atoms with E-state index < -0.39 is 0 Å². The molecule has 10 heteroatoms. The van der Waals surface area contributed by atoms with Crippen molar-refractivity contribution in [2.24, 2.45) is 0 Å². The average molecular weight is 517 g/mol. The molecule has 0 spiro atoms. The van der Waals surface area contributed by atoms with Gasteiger partial charge in [-0.05, 0) is 67.9 Å². The maximum Gasteiger partial charge on any atom is 0.234 e. The molecule has 0 saturated carbocycles. The summed E-state index contributed by atoms with van der Waals surface area (Å²) in [5.41, 5.74) is 4.72. The molecule has 182 valence electrons. The van der Waals surface area contributed by atoms with Crippen molar-refractivity contribution in [3.8, 4) is 27.7 Å². The molecule has 0 fully saturated rings. The van der Waals surface area contributed by atoms with Gasteiger partial charge in [-0.1, -0.05) is 30.0 Å². The summed E-state index contributed by atoms with van der Waals surface area (Å²) in [7, 11) is 0. The minimum atomic E-state index is -0.161. The number of anilines is 1. The molecule has 5 rings (SSSR count). The van der Waals surface area contributed by atoms with Crippen LogP contribution in [0.25, 0.3) is 32.2 Å². The van der Waals surface area contributed by atoms with Crippen LogP contribution in [0.1, 0.15) is 12.5 Å². The number of carbonyl (C=O) groups excluding carboxylic acids is 1. The van der Waals surface area contributed by atoms with Gasteiger partial charge in [0, 0.05) is 16.8 Å². The lowest BCUT2D eigenvalue weighted by atomic mass is 10.2. The minimum absolute atomic E-state index is 0.146. The van der Waals surface area contributed by atoms with Crippen molar-refractivity contribution in [1.82, 2.24) is 19.9 Å². The first-order chi connectivity index (χ1) is 17.5. The number of fused-ring (bicyclic) bond motifs is 1. The summed E-state index contributed by atoms with van der Waals surface area (Å²) in [5.74, 6) is 7.42. The SMILES string of the molecule is CCOc1cccc(-c2nnc(SCC(=O)Nc3ccc(-c4nc5ccc(C)cc5s4)cc3)n2N)c1. The number of amides is 1. The quantitative estimate of drug-likeness (QED) is 0.211. The molecule has 0 aliphatic rings. The van der Waals surface area contributed by atoms with Crippen molar-refractivity contribution < 1.29 is 9.53 Å². The van der Waals surface area contributed by atoms with Crippen LogP contribution >= 0.6 is 23.1 Å². The summed E-state index contributed by atoms with van der Waals surface area (Å²) in [5, 5.41) is 12.6. The Morgan fingerprint density at radius 2 is 1.92 bits per heavy atom. The van der Waals surface area contributed by atoms with Gasteiger partial charge in [-0.15, -0.1) is 21.5 Å². The number of nitrogens with zero attached hydrogens (tertiary/aromatic N) is 4. The van der Waals surface area contributed by atoms with E-state index in [2.05, 4.69) is 34.6 Å². The van der Waals surface area contributed by atoms with Crippen LogP contribution in [0, 0.1) is 6.92 Å². The van der Waals surface area contributed by atoms with Crippen LogP contribution in [-0.2, 0) is 4.79 Å². The lowest BCUT2D eigenvalue weighted by Gasteiger charge is -2.07. The van der Waals surface area contributed by atoms with Gasteiger partial charge in [0.1, 0.15) is 10.8 Å². The number of hydrogen-bond donors (Lipinski definition) is 2. The Balaban J connectivity index is 1.20. The Kier molecular flexibility index (Phi) is 6.88. The lowest BCUT2D eigenvalue weighted by molar-refractivity contribution is -0.113. The second-order valence-electron chi connectivity index (χ2n) is 8.04. The van der Waals surface area contributed by atoms with E-state index >= 15 is 0 Å². The molecular weight excluding hydrogens is 492 g/mol. The summed E-state index contributed by atoms with van der Waals surface area (Å²) in [4.78, 5) is 17.3. The third kappa shape index (κ3) is 5.19. The van der Waals surface area contributed by atoms with Crippen LogP contribution in [-0.4, -0.2) is 38.1 Å². The summed E-state index contributed by atoms with van der Waals surface area (Å²) >= 11 is 2.88. The van der Waals surface area contributed by atoms with E-state index in [-0.39, 0.29) is 11.7 Å². The first kappa shape index (κ1) is 23.8. The highest BCUT2D eigenvalue weighted by Gasteiger charge is 2.15. The molecule has 0 bridgehead atoms. The van der Waals surface area contributed by atoms with Gasteiger partial charge in [-0.3, -0.25) is 4.79 Å². The van der Waals surface area contributed by atoms with Crippen LogP contribution in [0.4, 0.5) is 5.69 Å². The number of carbonyl (C=O) groups is 1. The third-order valence-electron chi connectivity index (χ3n) is 5.36. The monoisotopic (exact) mass is 516 g/mol. The van der Waals surface area contributed by atoms with E-state index in [4.69, 9.17) is 15.6 Å². The number of thiazole rings is 1. The molecule has 2 heterocycles. The van der Waals surface area contributed by atoms with Gasteiger partial charge in [0.2, 0.25) is 11.1 Å². The molecule has 0 radical (unpaired) electrons. The highest BCUT2D eigenvalue weighted by atomic mass is 32.2. The number of aromatic nitrogens is 4. The van der Waals surface area contributed by atoms with Crippen LogP contribution in [0.5, 0.6) is 5.75 Å². The number of thioether (sulfide) groups is 1. The number of rotatable bonds is 8. The van der Waals surface area contributed by atoms with Gasteiger partial charge in [0.15, 0.2) is 5.82 Å². The fourth-order valence-electron chi connectivity index (χ4n) is 3.64. The summed E-state index contributed by atoms with van der Waals surface area (Å²) in [6.45, 7) is 4.57. The van der Waals surface area contributed by atoms with Crippen molar-refractivity contribution in [3.05, 3.63) is 72.3 Å². The van der Waals surface area contributed by atoms with Crippen molar-refractivity contribution in [1.29, 1.82) is 0 Å². The smallest absolute Gasteiger partial charge is 0.234 e. The molecule has 5 aromatic rings. The van der Waals surface area contributed by atoms with E-state index in [1.54, 1.807) is 11.3 Å². The first-order valence-corrected chi connectivity index (χ1v) is 13.1. The zero-order valence-corrected chi connectivity index (χ0v) is 21.4. The second kappa shape index (κ2) is 10.4. The molecule has 0 aliphatic carbocycles. The molecule has 2 aromatic heterocycles. The van der Waals surface area contributed by atoms with Gasteiger partial charge in [0.05, 0.1) is 22.6 Å². The summed E-state index contributed by atoms with van der Waals surface area (Å²) < 4.78 is 8.09. The predicted molar refractivity (Wildman–Crippen MR) is 146 cm³/mol. The molecule has 0 saturated heterocycles. The number of nitrogen functional groups attached to an aromatic ring is 1. The van der Waals surface area contributed by atoms with Crippen molar-refractivity contribution >= 4 is 44.9 Å². The molecule has 3 aromatic carbocycles. The Labute approximate surface area is 216 Å². The lowest BCUT2D eigenvalue weighted by Crippen LogP contribution is -2.16. The highest BCUT2D eigenvalue weighted by molar-refractivity contribution is 7.99. The van der Waals surface area contributed by atoms with Crippen molar-refractivity contribution in [2.75, 3.05) is 23.5 Å². The standard InChI is InChI=1S/C26H24N6O2S2/c1-3-34-20-6-4-5-18(14-20)24-30-31-26(32(24)27)35-15-23(33)28-19-10-8-17(9-11-19)25-29-21-12-7-16(2)13-22(21)36-25/h4-14H,3,15,27H2,1-2H3,(H,28,33). The van der Waals surface area contributed by atoms with Gasteiger partial charge in [-0.2, -0.15) is 0 Å². The Morgan fingerprint density at radius 3 is 2.72 bits per heavy atom. The average Bonchev–Trinajstić information content (AvgIpc) is 3.46. The molecule has 0 aliphatic heterocycles. The Hall–Kier alpha value is -3.89. The Bertz CT molecular complexity index is 1530. The summed E-state index contributed by atoms with van der Waals surface area (Å²) in [6, 6.07) is 21.4. The zero-order chi connectivity index (χ0) is 25.1. The summed E-state index contributed by atoms with van der Waals surface area (Å²) in [6.07, 6.45) is 0. The van der Waals surface area contributed by atoms with Gasteiger partial charge in [-0.25, -0.2) is 9.66 Å². The number of ether oxygens (including phenoxy) is 1. The zero-order valence-electron chi connectivity index (χ0n) is 19.8. The number of benzene rings is 3. The molecule has 3 N–H and O–H groups in total. The topological polar surface area (TPSA) is 108 Å². The molecule has 1 amide bonds. The predicted octanol–water partition coefficient (Wildman–Crippen LogP) is 5.37. The number of aryl methyl sites for hydroxylation is 1. The molecular formula is C26H24N6O2S2. The number of hydrogen-bond acceptors (Lipinski definition) is 8. The van der Waals surface area contributed by atoms with E-state index in [9.17, 15) is 4.79 Å². The van der Waals surface area contributed by atoms with Crippen molar-refractivity contribution in [3.63, 3.8) is 0 Å². The molecule has 8 nitrogen and oxygen atoms in total. The van der Waals surface area contributed by atoms with Gasteiger partial charge >= 0.3 is 0 Å². The third-order valence-corrected chi connectivity index (χ3v) is 7.37. The first-order valence-electron chi connectivity index (χ1n) is 11.3. The van der Waals surface area contributed by atoms with E-state index in [1.807, 2.05) is 61.5 Å². The number of nitrogens with two attached hydrogens (primary N) is 1. The van der Waals surface area contributed by atoms with Gasteiger partial charge < -0.3 is 15.9 Å². The fraction of sp³-hybridized carbons (Fsp3) is 0.154. The minimum Gasteiger partial charge on any atom is -0.494 e. The van der Waals surface area contributed by atoms with Crippen LogP contribution in [0.15, 0.2) is 71.9 Å². The largest absolute Gasteiger partial charge is 0.494 e. The van der Waals surface area contributed by atoms with Gasteiger partial charge in [0.25, 0.3) is 0 Å². The molecule has 0 unspecified atom stereocenters. The molecule has 0 atom stereocenters. The highest BCUT2D eigenvalue weighted by Crippen LogP contribution is 2.31. The maximum absolute atomic E-state index is 12.5. The normalized spacial score (nSPS) is 11.1. The van der Waals surface area contributed by atoms with E-state index in [0.717, 1.165) is 32.1 Å². The van der Waals surface area contributed by atoms with Crippen molar-refractivity contribution in [2.45, 2.75) is 19.0 Å². The number of nitrogens with one attached hydrogen (secondary N) is 1.